The molecule has 0 spiro atoms. The lowest BCUT2D eigenvalue weighted by Gasteiger charge is -2.17. The maximum Gasteiger partial charge on any atom is 0.293 e. The van der Waals surface area contributed by atoms with Crippen molar-refractivity contribution in [2.24, 2.45) is 5.92 Å². The van der Waals surface area contributed by atoms with E-state index in [0.717, 1.165) is 5.56 Å². The Morgan fingerprint density at radius 3 is 2.63 bits per heavy atom. The van der Waals surface area contributed by atoms with Gasteiger partial charge in [-0.1, -0.05) is 30.3 Å². The van der Waals surface area contributed by atoms with Crippen LogP contribution in [0.25, 0.3) is 0 Å². The molecule has 140 valence electrons. The highest BCUT2D eigenvalue weighted by atomic mass is 32.1. The quantitative estimate of drug-likeness (QED) is 0.534. The fourth-order valence-corrected chi connectivity index (χ4v) is 2.87. The van der Waals surface area contributed by atoms with Gasteiger partial charge in [0.1, 0.15) is 0 Å². The first-order valence-electron chi connectivity index (χ1n) is 8.29. The van der Waals surface area contributed by atoms with Gasteiger partial charge in [-0.3, -0.25) is 30.6 Å². The molecule has 1 fully saturated rings. The lowest BCUT2D eigenvalue weighted by molar-refractivity contribution is -0.129. The summed E-state index contributed by atoms with van der Waals surface area (Å²) in [5, 5.41) is 2.30. The molecule has 3 amide bonds. The zero-order valence-corrected chi connectivity index (χ0v) is 15.1. The van der Waals surface area contributed by atoms with Crippen molar-refractivity contribution in [3.63, 3.8) is 0 Å². The summed E-state index contributed by atoms with van der Waals surface area (Å²) in [7, 11) is 0. The van der Waals surface area contributed by atoms with Gasteiger partial charge in [0.15, 0.2) is 10.9 Å². The number of carbonyl (C=O) groups is 3. The Kier molecular flexibility index (Phi) is 5.82. The van der Waals surface area contributed by atoms with E-state index in [0.29, 0.717) is 13.1 Å². The molecule has 0 bridgehead atoms. The third kappa shape index (κ3) is 4.91. The number of hydrogen-bond acceptors (Lipinski definition) is 5. The van der Waals surface area contributed by atoms with E-state index in [9.17, 15) is 14.4 Å². The maximum atomic E-state index is 12.3. The zero-order valence-electron chi connectivity index (χ0n) is 14.3. The highest BCUT2D eigenvalue weighted by Gasteiger charge is 2.34. The van der Waals surface area contributed by atoms with Crippen molar-refractivity contribution in [2.75, 3.05) is 6.54 Å². The Morgan fingerprint density at radius 1 is 1.15 bits per heavy atom. The number of hydrogen-bond donors (Lipinski definition) is 3. The number of nitrogens with zero attached hydrogens (tertiary/aromatic N) is 1. The van der Waals surface area contributed by atoms with Crippen molar-refractivity contribution < 1.29 is 18.8 Å². The minimum absolute atomic E-state index is 0.0739. The highest BCUT2D eigenvalue weighted by molar-refractivity contribution is 7.80. The number of amides is 3. The predicted molar refractivity (Wildman–Crippen MR) is 100 cm³/mol. The van der Waals surface area contributed by atoms with Crippen molar-refractivity contribution in [1.29, 1.82) is 0 Å². The molecule has 9 heteroatoms. The molecule has 0 aliphatic carbocycles. The van der Waals surface area contributed by atoms with E-state index in [2.05, 4.69) is 16.2 Å². The van der Waals surface area contributed by atoms with Crippen LogP contribution in [0.4, 0.5) is 0 Å². The summed E-state index contributed by atoms with van der Waals surface area (Å²) >= 11 is 4.95. The van der Waals surface area contributed by atoms with Crippen LogP contribution in [0, 0.1) is 5.92 Å². The Balaban J connectivity index is 1.45. The first kappa shape index (κ1) is 18.6. The van der Waals surface area contributed by atoms with E-state index in [4.69, 9.17) is 16.6 Å². The third-order valence-corrected chi connectivity index (χ3v) is 4.28. The average Bonchev–Trinajstić information content (AvgIpc) is 3.31. The number of nitrogens with one attached hydrogen (secondary N) is 3. The second kappa shape index (κ2) is 8.45. The minimum Gasteiger partial charge on any atom is -0.459 e. The molecule has 2 heterocycles. The number of rotatable bonds is 4. The summed E-state index contributed by atoms with van der Waals surface area (Å²) in [6, 6.07) is 12.6. The van der Waals surface area contributed by atoms with Crippen LogP contribution in [0.3, 0.4) is 0 Å². The Morgan fingerprint density at radius 2 is 1.93 bits per heavy atom. The van der Waals surface area contributed by atoms with Gasteiger partial charge in [-0.15, -0.1) is 0 Å². The van der Waals surface area contributed by atoms with Crippen molar-refractivity contribution >= 4 is 35.1 Å². The molecule has 1 aliphatic rings. The molecule has 1 aromatic heterocycles. The van der Waals surface area contributed by atoms with E-state index in [1.807, 2.05) is 30.3 Å². The second-order valence-corrected chi connectivity index (χ2v) is 6.44. The fraction of sp³-hybridized carbons (Fsp3) is 0.222. The molecule has 3 N–H and O–H groups in total. The monoisotopic (exact) mass is 386 g/mol. The predicted octanol–water partition coefficient (Wildman–Crippen LogP) is 0.964. The van der Waals surface area contributed by atoms with E-state index in [-0.39, 0.29) is 29.1 Å². The molecule has 27 heavy (non-hydrogen) atoms. The first-order chi connectivity index (χ1) is 13.0. The average molecular weight is 386 g/mol. The SMILES string of the molecule is O=C(NC(=S)NNC(=O)C1CC(=O)N(Cc2ccccc2)C1)c1ccco1. The van der Waals surface area contributed by atoms with Gasteiger partial charge in [-0.25, -0.2) is 0 Å². The summed E-state index contributed by atoms with van der Waals surface area (Å²) in [6.45, 7) is 0.793. The van der Waals surface area contributed by atoms with Crippen LogP contribution in [-0.2, 0) is 16.1 Å². The van der Waals surface area contributed by atoms with Crippen molar-refractivity contribution in [3.8, 4) is 0 Å². The van der Waals surface area contributed by atoms with Crippen molar-refractivity contribution in [2.45, 2.75) is 13.0 Å². The second-order valence-electron chi connectivity index (χ2n) is 6.04. The molecule has 1 saturated heterocycles. The van der Waals surface area contributed by atoms with Gasteiger partial charge in [-0.05, 0) is 29.9 Å². The molecule has 1 unspecified atom stereocenters. The van der Waals surface area contributed by atoms with Crippen LogP contribution in [0.5, 0.6) is 0 Å². The number of likely N-dealkylation sites (tertiary alicyclic amines) is 1. The number of thiocarbonyl (C=S) groups is 1. The van der Waals surface area contributed by atoms with Crippen molar-refractivity contribution in [3.05, 3.63) is 60.1 Å². The summed E-state index contributed by atoms with van der Waals surface area (Å²) < 4.78 is 4.95. The summed E-state index contributed by atoms with van der Waals surface area (Å²) in [6.07, 6.45) is 1.50. The van der Waals surface area contributed by atoms with E-state index < -0.39 is 11.8 Å². The van der Waals surface area contributed by atoms with Gasteiger partial charge in [0.2, 0.25) is 11.8 Å². The topological polar surface area (TPSA) is 104 Å². The van der Waals surface area contributed by atoms with E-state index >= 15 is 0 Å². The van der Waals surface area contributed by atoms with Gasteiger partial charge in [0.05, 0.1) is 12.2 Å². The van der Waals surface area contributed by atoms with Gasteiger partial charge >= 0.3 is 0 Å². The largest absolute Gasteiger partial charge is 0.459 e. The molecule has 1 aliphatic heterocycles. The lowest BCUT2D eigenvalue weighted by Crippen LogP contribution is -2.50. The summed E-state index contributed by atoms with van der Waals surface area (Å²) in [4.78, 5) is 37.8. The van der Waals surface area contributed by atoms with Crippen LogP contribution in [0.2, 0.25) is 0 Å². The molecule has 8 nitrogen and oxygen atoms in total. The Hall–Kier alpha value is -3.20. The number of furan rings is 1. The highest BCUT2D eigenvalue weighted by Crippen LogP contribution is 2.20. The van der Waals surface area contributed by atoms with E-state index in [1.54, 1.807) is 11.0 Å². The van der Waals surface area contributed by atoms with Crippen LogP contribution in [0.1, 0.15) is 22.5 Å². The molecule has 0 saturated carbocycles. The number of benzene rings is 1. The van der Waals surface area contributed by atoms with Crippen LogP contribution in [0.15, 0.2) is 53.1 Å². The number of carbonyl (C=O) groups excluding carboxylic acids is 3. The van der Waals surface area contributed by atoms with Gasteiger partial charge in [0.25, 0.3) is 5.91 Å². The van der Waals surface area contributed by atoms with Gasteiger partial charge in [0, 0.05) is 19.5 Å². The fourth-order valence-electron chi connectivity index (χ4n) is 2.73. The van der Waals surface area contributed by atoms with Crippen LogP contribution < -0.4 is 16.2 Å². The third-order valence-electron chi connectivity index (χ3n) is 4.07. The molecule has 0 radical (unpaired) electrons. The normalized spacial score (nSPS) is 16.1. The van der Waals surface area contributed by atoms with Crippen LogP contribution >= 0.6 is 12.2 Å². The van der Waals surface area contributed by atoms with Crippen molar-refractivity contribution in [1.82, 2.24) is 21.1 Å². The Labute approximate surface area is 160 Å². The summed E-state index contributed by atoms with van der Waals surface area (Å²) in [5.41, 5.74) is 5.89. The molecule has 3 rings (SSSR count). The standard InChI is InChI=1S/C18H18N4O4S/c23-15-9-13(11-22(15)10-12-5-2-1-3-6-12)16(24)20-21-18(27)19-17(25)14-7-4-8-26-14/h1-8,13H,9-11H2,(H,20,24)(H2,19,21,25,27). The Bertz CT molecular complexity index is 838. The molecular weight excluding hydrogens is 368 g/mol. The number of hydrazine groups is 1. The zero-order chi connectivity index (χ0) is 19.2. The lowest BCUT2D eigenvalue weighted by atomic mass is 10.1. The van der Waals surface area contributed by atoms with Gasteiger partial charge in [-0.2, -0.15) is 0 Å². The molecule has 2 aromatic rings. The molecular formula is C18H18N4O4S. The molecule has 1 atom stereocenters. The van der Waals surface area contributed by atoms with Crippen LogP contribution in [-0.4, -0.2) is 34.3 Å². The summed E-state index contributed by atoms with van der Waals surface area (Å²) in [5.74, 6) is -1.36. The minimum atomic E-state index is -0.531. The molecule has 1 aromatic carbocycles. The van der Waals surface area contributed by atoms with E-state index in [1.165, 1.54) is 12.3 Å². The maximum absolute atomic E-state index is 12.3. The first-order valence-corrected chi connectivity index (χ1v) is 8.70. The smallest absolute Gasteiger partial charge is 0.293 e. The van der Waals surface area contributed by atoms with Gasteiger partial charge < -0.3 is 9.32 Å².